The molecule has 32 heavy (non-hydrogen) atoms. The molecule has 0 bridgehead atoms. The molecule has 168 valence electrons. The zero-order chi connectivity index (χ0) is 22.2. The van der Waals surface area contributed by atoms with E-state index < -0.39 is 0 Å². The molecular formula is C28H34N2O2. The molecule has 0 spiro atoms. The molecule has 0 atom stereocenters. The Morgan fingerprint density at radius 1 is 0.750 bits per heavy atom. The van der Waals surface area contributed by atoms with E-state index in [1.165, 1.54) is 44.3 Å². The number of unbranched alkanes of at least 4 members (excludes halogenated alkanes) is 4. The number of ether oxygens (including phenoxy) is 1. The molecule has 0 saturated carbocycles. The van der Waals surface area contributed by atoms with Crippen LogP contribution < -0.4 is 10.6 Å². The average molecular weight is 431 g/mol. The Morgan fingerprint density at radius 3 is 2.16 bits per heavy atom. The van der Waals surface area contributed by atoms with Crippen molar-refractivity contribution < 1.29 is 9.53 Å². The fourth-order valence-electron chi connectivity index (χ4n) is 4.45. The van der Waals surface area contributed by atoms with Crippen LogP contribution in [0.4, 0.5) is 4.79 Å². The third kappa shape index (κ3) is 5.31. The van der Waals surface area contributed by atoms with E-state index >= 15 is 0 Å². The van der Waals surface area contributed by atoms with Crippen molar-refractivity contribution in [2.45, 2.75) is 52.1 Å². The van der Waals surface area contributed by atoms with Crippen LogP contribution in [0, 0.1) is 0 Å². The lowest BCUT2D eigenvalue weighted by Gasteiger charge is -2.14. The summed E-state index contributed by atoms with van der Waals surface area (Å²) < 4.78 is 6.01. The Kier molecular flexibility index (Phi) is 7.78. The van der Waals surface area contributed by atoms with Crippen molar-refractivity contribution in [1.29, 1.82) is 0 Å². The van der Waals surface area contributed by atoms with Crippen molar-refractivity contribution in [3.8, 4) is 0 Å². The van der Waals surface area contributed by atoms with E-state index in [0.29, 0.717) is 13.2 Å². The van der Waals surface area contributed by atoms with Gasteiger partial charge in [-0.1, -0.05) is 74.4 Å². The maximum absolute atomic E-state index is 11.7. The summed E-state index contributed by atoms with van der Waals surface area (Å²) in [4.78, 5) is 11.7. The Bertz CT molecular complexity index is 1140. The molecule has 4 aromatic carbocycles. The number of hydrogen-bond acceptors (Lipinski definition) is 2. The second-order valence-corrected chi connectivity index (χ2v) is 8.58. The zero-order valence-electron chi connectivity index (χ0n) is 19.1. The van der Waals surface area contributed by atoms with Crippen molar-refractivity contribution in [1.82, 2.24) is 10.6 Å². The van der Waals surface area contributed by atoms with E-state index in [4.69, 9.17) is 4.74 Å². The molecule has 0 aromatic heterocycles. The molecule has 0 saturated heterocycles. The second kappa shape index (κ2) is 11.1. The first-order valence-electron chi connectivity index (χ1n) is 12.0. The number of urea groups is 1. The highest BCUT2D eigenvalue weighted by Gasteiger charge is 2.10. The van der Waals surface area contributed by atoms with Gasteiger partial charge in [0.05, 0.1) is 6.61 Å². The third-order valence-corrected chi connectivity index (χ3v) is 6.19. The van der Waals surface area contributed by atoms with Crippen LogP contribution in [0.1, 0.15) is 51.0 Å². The summed E-state index contributed by atoms with van der Waals surface area (Å²) in [6.07, 6.45) is 6.41. The lowest BCUT2D eigenvalue weighted by molar-refractivity contribution is 0.117. The predicted octanol–water partition coefficient (Wildman–Crippen LogP) is 6.76. The number of benzene rings is 4. The molecule has 4 aromatic rings. The fraction of sp³-hybridized carbons (Fsp3) is 0.393. The summed E-state index contributed by atoms with van der Waals surface area (Å²) in [5.41, 5.74) is 1.25. The van der Waals surface area contributed by atoms with Gasteiger partial charge >= 0.3 is 6.03 Å². The standard InChI is InChI=1S/C28H34N2O2/c1-2-3-5-17-29-28(31)30-18-6-4-7-19-32-20-24-14-13-23-12-11-21-9-8-10-22-15-16-25(24)27(23)26(21)22/h8-16H,2-7,17-20H2,1H3,(H2,29,30,31). The molecule has 0 aliphatic rings. The average Bonchev–Trinajstić information content (AvgIpc) is 2.82. The van der Waals surface area contributed by atoms with Gasteiger partial charge in [0.2, 0.25) is 0 Å². The van der Waals surface area contributed by atoms with Gasteiger partial charge in [0, 0.05) is 19.7 Å². The number of rotatable bonds is 12. The number of nitrogens with one attached hydrogen (secondary N) is 2. The molecule has 4 heteroatoms. The third-order valence-electron chi connectivity index (χ3n) is 6.19. The van der Waals surface area contributed by atoms with Gasteiger partial charge in [-0.25, -0.2) is 4.79 Å². The number of hydrogen-bond donors (Lipinski definition) is 2. The molecule has 2 amide bonds. The Hall–Kier alpha value is -2.85. The summed E-state index contributed by atoms with van der Waals surface area (Å²) in [6, 6.07) is 19.8. The molecule has 2 N–H and O–H groups in total. The Labute approximate surface area is 190 Å². The lowest BCUT2D eigenvalue weighted by atomic mass is 9.92. The highest BCUT2D eigenvalue weighted by atomic mass is 16.5. The second-order valence-electron chi connectivity index (χ2n) is 8.58. The molecular weight excluding hydrogens is 396 g/mol. The van der Waals surface area contributed by atoms with Gasteiger partial charge in [0.15, 0.2) is 0 Å². The molecule has 0 aliphatic heterocycles. The predicted molar refractivity (Wildman–Crippen MR) is 135 cm³/mol. The van der Waals surface area contributed by atoms with E-state index in [1.807, 2.05) is 0 Å². The summed E-state index contributed by atoms with van der Waals surface area (Å²) in [5.74, 6) is 0. The minimum absolute atomic E-state index is 0.0497. The number of carbonyl (C=O) groups excluding carboxylic acids is 1. The number of carbonyl (C=O) groups is 1. The Morgan fingerprint density at radius 2 is 1.41 bits per heavy atom. The van der Waals surface area contributed by atoms with E-state index in [-0.39, 0.29) is 6.03 Å². The summed E-state index contributed by atoms with van der Waals surface area (Å²) in [5, 5.41) is 13.7. The zero-order valence-corrected chi connectivity index (χ0v) is 19.1. The van der Waals surface area contributed by atoms with Gasteiger partial charge in [-0.2, -0.15) is 0 Å². The van der Waals surface area contributed by atoms with Crippen molar-refractivity contribution >= 4 is 38.3 Å². The quantitative estimate of drug-likeness (QED) is 0.193. The molecule has 0 aliphatic carbocycles. The first-order valence-corrected chi connectivity index (χ1v) is 12.0. The van der Waals surface area contributed by atoms with E-state index in [9.17, 15) is 4.79 Å². The van der Waals surface area contributed by atoms with Crippen LogP contribution in [0.2, 0.25) is 0 Å². The normalized spacial score (nSPS) is 11.5. The summed E-state index contributed by atoms with van der Waals surface area (Å²) in [6.45, 7) is 5.01. The van der Waals surface area contributed by atoms with Gasteiger partial charge in [-0.05, 0) is 63.6 Å². The maximum atomic E-state index is 11.7. The monoisotopic (exact) mass is 430 g/mol. The van der Waals surface area contributed by atoms with Crippen molar-refractivity contribution in [3.63, 3.8) is 0 Å². The molecule has 0 heterocycles. The molecule has 4 rings (SSSR count). The van der Waals surface area contributed by atoms with Crippen molar-refractivity contribution in [2.75, 3.05) is 19.7 Å². The SMILES string of the molecule is CCCCCNC(=O)NCCCCCOCc1ccc2ccc3cccc4ccc1c2c34. The van der Waals surface area contributed by atoms with E-state index in [2.05, 4.69) is 72.2 Å². The van der Waals surface area contributed by atoms with Crippen LogP contribution in [-0.2, 0) is 11.3 Å². The maximum Gasteiger partial charge on any atom is 0.314 e. The Balaban J connectivity index is 1.21. The van der Waals surface area contributed by atoms with Crippen LogP contribution in [0.5, 0.6) is 0 Å². The van der Waals surface area contributed by atoms with Crippen LogP contribution in [-0.4, -0.2) is 25.7 Å². The highest BCUT2D eigenvalue weighted by Crippen LogP contribution is 2.36. The van der Waals surface area contributed by atoms with Gasteiger partial charge < -0.3 is 15.4 Å². The number of amides is 2. The van der Waals surface area contributed by atoms with Crippen molar-refractivity contribution in [3.05, 3.63) is 60.2 Å². The fourth-order valence-corrected chi connectivity index (χ4v) is 4.45. The van der Waals surface area contributed by atoms with Crippen LogP contribution >= 0.6 is 0 Å². The summed E-state index contributed by atoms with van der Waals surface area (Å²) in [7, 11) is 0. The van der Waals surface area contributed by atoms with E-state index in [1.54, 1.807) is 0 Å². The topological polar surface area (TPSA) is 50.4 Å². The van der Waals surface area contributed by atoms with Crippen LogP contribution in [0.15, 0.2) is 54.6 Å². The first-order chi connectivity index (χ1) is 15.8. The van der Waals surface area contributed by atoms with Gasteiger partial charge in [0.1, 0.15) is 0 Å². The van der Waals surface area contributed by atoms with E-state index in [0.717, 1.165) is 45.3 Å². The molecule has 0 radical (unpaired) electrons. The largest absolute Gasteiger partial charge is 0.377 e. The minimum Gasteiger partial charge on any atom is -0.377 e. The van der Waals surface area contributed by atoms with Crippen LogP contribution in [0.25, 0.3) is 32.3 Å². The highest BCUT2D eigenvalue weighted by molar-refractivity contribution is 6.23. The molecule has 4 nitrogen and oxygen atoms in total. The van der Waals surface area contributed by atoms with Gasteiger partial charge in [0.25, 0.3) is 0 Å². The smallest absolute Gasteiger partial charge is 0.314 e. The summed E-state index contributed by atoms with van der Waals surface area (Å²) >= 11 is 0. The molecule has 0 fully saturated rings. The molecule has 0 unspecified atom stereocenters. The van der Waals surface area contributed by atoms with Crippen LogP contribution in [0.3, 0.4) is 0 Å². The lowest BCUT2D eigenvalue weighted by Crippen LogP contribution is -2.36. The first kappa shape index (κ1) is 22.3. The minimum atomic E-state index is -0.0497. The van der Waals surface area contributed by atoms with Gasteiger partial charge in [-0.3, -0.25) is 0 Å². The van der Waals surface area contributed by atoms with Gasteiger partial charge in [-0.15, -0.1) is 0 Å². The van der Waals surface area contributed by atoms with Crippen molar-refractivity contribution in [2.24, 2.45) is 0 Å².